The number of aryl methyl sites for hydroxylation is 3. The Labute approximate surface area is 175 Å². The van der Waals surface area contributed by atoms with E-state index in [2.05, 4.69) is 73.6 Å². The van der Waals surface area contributed by atoms with Crippen LogP contribution in [-0.4, -0.2) is 0 Å². The van der Waals surface area contributed by atoms with Crippen molar-refractivity contribution >= 4 is 0 Å². The molecule has 0 spiro atoms. The van der Waals surface area contributed by atoms with Gasteiger partial charge in [-0.15, -0.1) is 6.92 Å². The van der Waals surface area contributed by atoms with Gasteiger partial charge in [-0.1, -0.05) is 66.7 Å². The predicted molar refractivity (Wildman–Crippen MR) is 90.1 cm³/mol. The molecule has 1 aromatic rings. The zero-order chi connectivity index (χ0) is 15.5. The summed E-state index contributed by atoms with van der Waals surface area (Å²) >= 11 is 0. The number of hydrogen-bond acceptors (Lipinski definition) is 0. The molecule has 0 radical (unpaired) electrons. The van der Waals surface area contributed by atoms with Crippen molar-refractivity contribution in [1.82, 2.24) is 0 Å². The minimum atomic E-state index is 0. The Morgan fingerprint density at radius 2 is 1.57 bits per heavy atom. The molecule has 0 N–H and O–H groups in total. The van der Waals surface area contributed by atoms with Crippen molar-refractivity contribution in [3.63, 3.8) is 0 Å². The van der Waals surface area contributed by atoms with E-state index < -0.39 is 0 Å². The van der Waals surface area contributed by atoms with Crippen molar-refractivity contribution in [2.24, 2.45) is 5.41 Å². The van der Waals surface area contributed by atoms with Crippen LogP contribution in [0.3, 0.4) is 0 Å². The minimum Gasteiger partial charge on any atom is -1.00 e. The van der Waals surface area contributed by atoms with Gasteiger partial charge in [0, 0.05) is 0 Å². The molecular weight excluding hydrogens is 402 g/mol. The van der Waals surface area contributed by atoms with Crippen LogP contribution in [0.5, 0.6) is 0 Å². The summed E-state index contributed by atoms with van der Waals surface area (Å²) < 4.78 is 0. The monoisotopic (exact) mass is 430 g/mol. The van der Waals surface area contributed by atoms with Crippen molar-refractivity contribution in [1.29, 1.82) is 0 Å². The first-order valence-electron chi connectivity index (χ1n) is 7.78. The smallest absolute Gasteiger partial charge is 1.00 e. The molecule has 0 fully saturated rings. The average molecular weight is 433 g/mol. The fourth-order valence-corrected chi connectivity index (χ4v) is 2.84. The van der Waals surface area contributed by atoms with Crippen LogP contribution < -0.4 is 24.8 Å². The molecule has 0 nitrogen and oxygen atoms in total. The molecule has 0 aliphatic heterocycles. The topological polar surface area (TPSA) is 0 Å². The molecule has 0 amide bonds. The van der Waals surface area contributed by atoms with Crippen molar-refractivity contribution in [2.45, 2.75) is 68.2 Å². The Hall–Kier alpha value is 0.293. The third-order valence-corrected chi connectivity index (χ3v) is 4.54. The average Bonchev–Trinajstić information content (AvgIpc) is 2.84. The maximum Gasteiger partial charge on any atom is 4.00 e. The molecule has 0 atom stereocenters. The van der Waals surface area contributed by atoms with E-state index in [1.54, 1.807) is 0 Å². The normalized spacial score (nSPS) is 14.7. The van der Waals surface area contributed by atoms with E-state index in [-0.39, 0.29) is 56.4 Å². The van der Waals surface area contributed by atoms with Crippen molar-refractivity contribution in [2.75, 3.05) is 0 Å². The van der Waals surface area contributed by atoms with Crippen LogP contribution >= 0.6 is 0 Å². The third kappa shape index (κ3) is 7.37. The van der Waals surface area contributed by atoms with Crippen LogP contribution in [0.4, 0.5) is 0 Å². The maximum atomic E-state index is 3.44. The van der Waals surface area contributed by atoms with Gasteiger partial charge in [0.25, 0.3) is 0 Å². The summed E-state index contributed by atoms with van der Waals surface area (Å²) in [5, 5.41) is 0. The summed E-state index contributed by atoms with van der Waals surface area (Å²) in [5.41, 5.74) is 8.86. The van der Waals surface area contributed by atoms with E-state index in [1.807, 2.05) is 0 Å². The summed E-state index contributed by atoms with van der Waals surface area (Å²) in [5.74, 6) is 0. The molecule has 0 aromatic heterocycles. The van der Waals surface area contributed by atoms with Gasteiger partial charge in [-0.05, 0) is 0 Å². The first kappa shape index (κ1) is 28.1. The second-order valence-electron chi connectivity index (χ2n) is 6.42. The van der Waals surface area contributed by atoms with E-state index >= 15 is 0 Å². The minimum absolute atomic E-state index is 0. The van der Waals surface area contributed by atoms with E-state index in [0.717, 1.165) is 0 Å². The fourth-order valence-electron chi connectivity index (χ4n) is 2.84. The Bertz CT molecular complexity index is 512. The molecular formula is C20H30Cl2Zr. The summed E-state index contributed by atoms with van der Waals surface area (Å²) in [6.45, 7) is 17.5. The molecule has 0 heterocycles. The number of rotatable bonds is 2. The van der Waals surface area contributed by atoms with Crippen LogP contribution in [0.25, 0.3) is 0 Å². The van der Waals surface area contributed by atoms with Gasteiger partial charge in [0.2, 0.25) is 0 Å². The molecule has 0 saturated carbocycles. The molecule has 128 valence electrons. The molecule has 0 bridgehead atoms. The number of halogens is 2. The van der Waals surface area contributed by atoms with Gasteiger partial charge in [-0.25, -0.2) is 17.2 Å². The van der Waals surface area contributed by atoms with Gasteiger partial charge in [0.05, 0.1) is 0 Å². The SMILES string of the molecule is CC1=[C-]C(C)(C)C(C)=C1C.CCc1cc(C)c[c-]1CC.[Cl-].[Cl-].[Zr+4]. The first-order valence-corrected chi connectivity index (χ1v) is 7.78. The Morgan fingerprint density at radius 3 is 1.78 bits per heavy atom. The van der Waals surface area contributed by atoms with E-state index in [1.165, 1.54) is 46.3 Å². The summed E-state index contributed by atoms with van der Waals surface area (Å²) in [4.78, 5) is 0. The Balaban J connectivity index is -0.000000308. The Kier molecular flexibility index (Phi) is 14.4. The van der Waals surface area contributed by atoms with Crippen molar-refractivity contribution in [3.05, 3.63) is 51.6 Å². The van der Waals surface area contributed by atoms with Gasteiger partial charge < -0.3 is 24.8 Å². The van der Waals surface area contributed by atoms with Gasteiger partial charge in [-0.3, -0.25) is 6.08 Å². The first-order chi connectivity index (χ1) is 9.22. The molecule has 3 heteroatoms. The largest absolute Gasteiger partial charge is 4.00 e. The second-order valence-corrected chi connectivity index (χ2v) is 6.42. The quantitative estimate of drug-likeness (QED) is 0.576. The van der Waals surface area contributed by atoms with Crippen LogP contribution in [0.2, 0.25) is 0 Å². The molecule has 1 aromatic carbocycles. The second kappa shape index (κ2) is 11.8. The van der Waals surface area contributed by atoms with E-state index in [9.17, 15) is 0 Å². The maximum absolute atomic E-state index is 3.44. The zero-order valence-corrected chi connectivity index (χ0v) is 19.8. The van der Waals surface area contributed by atoms with Crippen LogP contribution in [-0.2, 0) is 39.0 Å². The third-order valence-electron chi connectivity index (χ3n) is 4.54. The number of hydrogen-bond donors (Lipinski definition) is 0. The van der Waals surface area contributed by atoms with E-state index in [4.69, 9.17) is 0 Å². The molecule has 0 saturated heterocycles. The van der Waals surface area contributed by atoms with E-state index in [0.29, 0.717) is 0 Å². The van der Waals surface area contributed by atoms with Crippen molar-refractivity contribution in [3.8, 4) is 0 Å². The zero-order valence-electron chi connectivity index (χ0n) is 15.8. The van der Waals surface area contributed by atoms with Crippen LogP contribution in [0.1, 0.15) is 65.2 Å². The van der Waals surface area contributed by atoms with Gasteiger partial charge >= 0.3 is 26.2 Å². The van der Waals surface area contributed by atoms with Crippen molar-refractivity contribution < 1.29 is 51.0 Å². The Morgan fingerprint density at radius 1 is 1.04 bits per heavy atom. The van der Waals surface area contributed by atoms with Gasteiger partial charge in [-0.2, -0.15) is 28.3 Å². The number of allylic oxidation sites excluding steroid dienone is 4. The molecule has 1 aliphatic carbocycles. The summed E-state index contributed by atoms with van der Waals surface area (Å²) in [7, 11) is 0. The van der Waals surface area contributed by atoms with Crippen LogP contribution in [0, 0.1) is 18.4 Å². The molecule has 1 aliphatic rings. The van der Waals surface area contributed by atoms with Gasteiger partial charge in [0.15, 0.2) is 0 Å². The molecule has 23 heavy (non-hydrogen) atoms. The van der Waals surface area contributed by atoms with Crippen LogP contribution in [0.15, 0.2) is 28.9 Å². The molecule has 2 rings (SSSR count). The summed E-state index contributed by atoms with van der Waals surface area (Å²) in [6, 6.07) is 4.58. The predicted octanol–water partition coefficient (Wildman–Crippen LogP) is -0.0437. The van der Waals surface area contributed by atoms with Gasteiger partial charge in [0.1, 0.15) is 0 Å². The fraction of sp³-hybridized carbons (Fsp3) is 0.550. The molecule has 0 unspecified atom stereocenters. The summed E-state index contributed by atoms with van der Waals surface area (Å²) in [6.07, 6.45) is 5.79. The standard InChI is InChI=1S/2C10H15.2ClH.Zr/c1-7-6-10(4,5)9(3)8(7)2;1-4-9-6-8(3)7-10(9)5-2;;;/h1-5H3;6-7H,4-5H2,1-3H3;2*1H;/q2*-1;;;+4/p-2.